The molecular weight excluding hydrogens is 500 g/mol. The number of carbonyl (C=O) groups is 2. The molecule has 1 saturated heterocycles. The molecule has 6 rings (SSSR count). The monoisotopic (exact) mass is 533 g/mol. The fourth-order valence-electron chi connectivity index (χ4n) is 6.37. The summed E-state index contributed by atoms with van der Waals surface area (Å²) in [6, 6.07) is 7.92. The molecule has 2 aromatic carbocycles. The number of piperidine rings is 1. The highest BCUT2D eigenvalue weighted by Gasteiger charge is 2.31. The van der Waals surface area contributed by atoms with E-state index < -0.39 is 6.43 Å². The molecule has 3 aromatic rings. The molecule has 4 heterocycles. The molecule has 3 aliphatic heterocycles. The number of aromatic nitrogens is 2. The van der Waals surface area contributed by atoms with Gasteiger partial charge in [0.1, 0.15) is 0 Å². The van der Waals surface area contributed by atoms with Crippen LogP contribution in [0.15, 0.2) is 36.7 Å². The number of hydrogen-bond donors (Lipinski definition) is 1. The number of nitrogens with zero attached hydrogens (tertiary/aromatic N) is 4. The third kappa shape index (κ3) is 4.79. The first-order valence-corrected chi connectivity index (χ1v) is 13.7. The minimum absolute atomic E-state index is 0.00649. The van der Waals surface area contributed by atoms with Crippen LogP contribution in [0.1, 0.15) is 66.3 Å². The molecule has 1 N–H and O–H groups in total. The van der Waals surface area contributed by atoms with Crippen molar-refractivity contribution in [2.75, 3.05) is 24.5 Å². The SMILES string of the molecule is CC(=O)N1CCc2cc(C3CCNC(=O)C3)cc(N3CCCc4cc(-c5cnn(C)c5)c(C(F)F)cc43)c2C1. The fourth-order valence-corrected chi connectivity index (χ4v) is 6.37. The van der Waals surface area contributed by atoms with Gasteiger partial charge in [-0.1, -0.05) is 6.07 Å². The van der Waals surface area contributed by atoms with E-state index in [1.54, 1.807) is 37.1 Å². The van der Waals surface area contributed by atoms with Gasteiger partial charge >= 0.3 is 0 Å². The Morgan fingerprint density at radius 1 is 1.10 bits per heavy atom. The van der Waals surface area contributed by atoms with Crippen LogP contribution >= 0.6 is 0 Å². The zero-order valence-corrected chi connectivity index (χ0v) is 22.3. The average molecular weight is 534 g/mol. The van der Waals surface area contributed by atoms with Gasteiger partial charge in [0.15, 0.2) is 0 Å². The lowest BCUT2D eigenvalue weighted by atomic mass is 9.84. The van der Waals surface area contributed by atoms with Crippen LogP contribution in [0.2, 0.25) is 0 Å². The lowest BCUT2D eigenvalue weighted by Crippen LogP contribution is -2.36. The number of amides is 2. The second kappa shape index (κ2) is 10.1. The average Bonchev–Trinajstić information content (AvgIpc) is 3.37. The lowest BCUT2D eigenvalue weighted by molar-refractivity contribution is -0.129. The standard InChI is InChI=1S/C30H33F2N5O2/c1-18(38)36-9-6-20-10-22(19-5-7-33-29(39)13-19)12-28(26(20)17-36)37-8-3-4-21-11-24(23-15-34-35(2)16-23)25(30(31)32)14-27(21)37/h10-12,14-16,19,30H,3-9,13,17H2,1-2H3,(H,33,39). The van der Waals surface area contributed by atoms with Crippen molar-refractivity contribution in [2.45, 2.75) is 57.9 Å². The normalized spacial score (nSPS) is 19.1. The van der Waals surface area contributed by atoms with Crippen LogP contribution < -0.4 is 10.2 Å². The highest BCUT2D eigenvalue weighted by atomic mass is 19.3. The molecule has 1 fully saturated rings. The molecule has 1 unspecified atom stereocenters. The summed E-state index contributed by atoms with van der Waals surface area (Å²) in [5.74, 6) is 0.198. The van der Waals surface area contributed by atoms with E-state index in [-0.39, 0.29) is 23.3 Å². The van der Waals surface area contributed by atoms with Gasteiger partial charge in [0, 0.05) is 75.3 Å². The van der Waals surface area contributed by atoms with E-state index in [1.165, 1.54) is 5.56 Å². The Kier molecular flexibility index (Phi) is 6.61. The molecule has 2 amide bonds. The van der Waals surface area contributed by atoms with Crippen molar-refractivity contribution < 1.29 is 18.4 Å². The van der Waals surface area contributed by atoms with E-state index in [2.05, 4.69) is 27.4 Å². The number of hydrogen-bond acceptors (Lipinski definition) is 4. The molecule has 9 heteroatoms. The maximum Gasteiger partial charge on any atom is 0.264 e. The maximum absolute atomic E-state index is 14.4. The summed E-state index contributed by atoms with van der Waals surface area (Å²) in [6.07, 6.45) is 4.49. The number of alkyl halides is 2. The van der Waals surface area contributed by atoms with Crippen LogP contribution in [0.4, 0.5) is 20.2 Å². The molecule has 0 aliphatic carbocycles. The Labute approximate surface area is 226 Å². The van der Waals surface area contributed by atoms with Crippen LogP contribution in [0, 0.1) is 0 Å². The zero-order chi connectivity index (χ0) is 27.3. The molecule has 0 saturated carbocycles. The number of carbonyl (C=O) groups excluding carboxylic acids is 2. The van der Waals surface area contributed by atoms with Crippen LogP contribution in [-0.4, -0.2) is 46.1 Å². The molecule has 7 nitrogen and oxygen atoms in total. The Morgan fingerprint density at radius 3 is 2.67 bits per heavy atom. The van der Waals surface area contributed by atoms with Crippen LogP contribution in [0.25, 0.3) is 11.1 Å². The molecule has 3 aliphatic rings. The van der Waals surface area contributed by atoms with Gasteiger partial charge in [-0.3, -0.25) is 14.3 Å². The van der Waals surface area contributed by atoms with Gasteiger partial charge in [0.25, 0.3) is 6.43 Å². The van der Waals surface area contributed by atoms with Crippen LogP contribution in [-0.2, 0) is 36.0 Å². The first-order chi connectivity index (χ1) is 18.8. The summed E-state index contributed by atoms with van der Waals surface area (Å²) in [5.41, 5.74) is 7.35. The second-order valence-electron chi connectivity index (χ2n) is 10.9. The van der Waals surface area contributed by atoms with Crippen LogP contribution in [0.3, 0.4) is 0 Å². The van der Waals surface area contributed by atoms with Crippen molar-refractivity contribution in [2.24, 2.45) is 7.05 Å². The second-order valence-corrected chi connectivity index (χ2v) is 10.9. The highest BCUT2D eigenvalue weighted by Crippen LogP contribution is 2.44. The highest BCUT2D eigenvalue weighted by molar-refractivity contribution is 5.81. The fraction of sp³-hybridized carbons (Fsp3) is 0.433. The lowest BCUT2D eigenvalue weighted by Gasteiger charge is -2.38. The largest absolute Gasteiger partial charge is 0.356 e. The summed E-state index contributed by atoms with van der Waals surface area (Å²) in [7, 11) is 1.78. The van der Waals surface area contributed by atoms with Crippen molar-refractivity contribution >= 4 is 23.2 Å². The van der Waals surface area contributed by atoms with E-state index >= 15 is 0 Å². The molecule has 0 radical (unpaired) electrons. The summed E-state index contributed by atoms with van der Waals surface area (Å²) < 4.78 is 30.5. The molecule has 1 aromatic heterocycles. The molecule has 0 spiro atoms. The van der Waals surface area contributed by atoms with Gasteiger partial charge in [0.05, 0.1) is 6.20 Å². The summed E-state index contributed by atoms with van der Waals surface area (Å²) in [4.78, 5) is 28.5. The third-order valence-electron chi connectivity index (χ3n) is 8.42. The molecular formula is C30H33F2N5O2. The predicted molar refractivity (Wildman–Crippen MR) is 145 cm³/mol. The first-order valence-electron chi connectivity index (χ1n) is 13.7. The van der Waals surface area contributed by atoms with E-state index in [1.807, 2.05) is 11.0 Å². The van der Waals surface area contributed by atoms with Gasteiger partial charge in [0.2, 0.25) is 11.8 Å². The number of aryl methyl sites for hydroxylation is 2. The van der Waals surface area contributed by atoms with Crippen molar-refractivity contribution in [3.05, 3.63) is 64.5 Å². The Balaban J connectivity index is 1.49. The number of anilines is 2. The minimum atomic E-state index is -2.64. The van der Waals surface area contributed by atoms with Crippen molar-refractivity contribution in [3.63, 3.8) is 0 Å². The number of benzene rings is 2. The number of fused-ring (bicyclic) bond motifs is 2. The number of nitrogens with one attached hydrogen (secondary N) is 1. The van der Waals surface area contributed by atoms with Gasteiger partial charge in [-0.05, 0) is 77.6 Å². The summed E-state index contributed by atoms with van der Waals surface area (Å²) >= 11 is 0. The van der Waals surface area contributed by atoms with Gasteiger partial charge in [-0.15, -0.1) is 0 Å². The van der Waals surface area contributed by atoms with Gasteiger partial charge in [-0.2, -0.15) is 5.10 Å². The van der Waals surface area contributed by atoms with E-state index in [9.17, 15) is 18.4 Å². The Morgan fingerprint density at radius 2 is 1.95 bits per heavy atom. The van der Waals surface area contributed by atoms with Crippen molar-refractivity contribution in [3.8, 4) is 11.1 Å². The van der Waals surface area contributed by atoms with E-state index in [4.69, 9.17) is 0 Å². The molecule has 0 bridgehead atoms. The third-order valence-corrected chi connectivity index (χ3v) is 8.42. The number of halogens is 2. The molecule has 39 heavy (non-hydrogen) atoms. The minimum Gasteiger partial charge on any atom is -0.356 e. The Bertz CT molecular complexity index is 1450. The number of rotatable bonds is 4. The molecule has 1 atom stereocenters. The maximum atomic E-state index is 14.4. The van der Waals surface area contributed by atoms with Crippen molar-refractivity contribution in [1.82, 2.24) is 20.0 Å². The van der Waals surface area contributed by atoms with Gasteiger partial charge in [-0.25, -0.2) is 8.78 Å². The topological polar surface area (TPSA) is 70.5 Å². The first kappa shape index (κ1) is 25.5. The summed E-state index contributed by atoms with van der Waals surface area (Å²) in [5, 5.41) is 7.12. The van der Waals surface area contributed by atoms with E-state index in [0.717, 1.165) is 53.7 Å². The predicted octanol–water partition coefficient (Wildman–Crippen LogP) is 5.01. The summed E-state index contributed by atoms with van der Waals surface area (Å²) in [6.45, 7) is 4.08. The smallest absolute Gasteiger partial charge is 0.264 e. The van der Waals surface area contributed by atoms with E-state index in [0.29, 0.717) is 43.7 Å². The van der Waals surface area contributed by atoms with Crippen molar-refractivity contribution in [1.29, 1.82) is 0 Å². The van der Waals surface area contributed by atoms with Crippen LogP contribution in [0.5, 0.6) is 0 Å². The van der Waals surface area contributed by atoms with Gasteiger partial charge < -0.3 is 15.1 Å². The molecule has 204 valence electrons. The zero-order valence-electron chi connectivity index (χ0n) is 22.3. The Hall–Kier alpha value is -3.75. The quantitative estimate of drug-likeness (QED) is 0.512.